The Balaban J connectivity index is 1.93. The van der Waals surface area contributed by atoms with E-state index in [9.17, 15) is 0 Å². The Kier molecular flexibility index (Phi) is 3.95. The highest BCUT2D eigenvalue weighted by molar-refractivity contribution is 5.77. The van der Waals surface area contributed by atoms with Gasteiger partial charge in [0, 0.05) is 11.6 Å². The van der Waals surface area contributed by atoms with Crippen LogP contribution in [0.1, 0.15) is 37.8 Å². The molecule has 0 amide bonds. The van der Waals surface area contributed by atoms with Gasteiger partial charge in [-0.25, -0.2) is 4.98 Å². The summed E-state index contributed by atoms with van der Waals surface area (Å²) in [6, 6.07) is 14.0. The zero-order valence-corrected chi connectivity index (χ0v) is 14.0. The maximum atomic E-state index is 5.79. The first-order valence-electron chi connectivity index (χ1n) is 7.69. The van der Waals surface area contributed by atoms with E-state index in [1.807, 2.05) is 42.5 Å². The highest BCUT2D eigenvalue weighted by Gasteiger charge is 2.15. The van der Waals surface area contributed by atoms with Crippen molar-refractivity contribution in [2.75, 3.05) is 7.11 Å². The topological polar surface area (TPSA) is 35.3 Å². The van der Waals surface area contributed by atoms with Crippen molar-refractivity contribution >= 4 is 23.3 Å². The summed E-state index contributed by atoms with van der Waals surface area (Å²) in [5.41, 5.74) is 4.03. The molecular formula is C20H21NO2. The molecule has 0 spiro atoms. The molecule has 1 aromatic heterocycles. The van der Waals surface area contributed by atoms with Gasteiger partial charge in [-0.15, -0.1) is 0 Å². The molecule has 0 saturated heterocycles. The van der Waals surface area contributed by atoms with E-state index in [0.717, 1.165) is 22.4 Å². The minimum atomic E-state index is 0.0978. The van der Waals surface area contributed by atoms with E-state index < -0.39 is 0 Å². The summed E-state index contributed by atoms with van der Waals surface area (Å²) >= 11 is 0. The lowest BCUT2D eigenvalue weighted by molar-refractivity contribution is 0.414. The third-order valence-corrected chi connectivity index (χ3v) is 3.81. The number of oxazole rings is 1. The quantitative estimate of drug-likeness (QED) is 0.658. The molecule has 3 aromatic rings. The number of ether oxygens (including phenoxy) is 1. The molecular weight excluding hydrogens is 286 g/mol. The van der Waals surface area contributed by atoms with E-state index >= 15 is 0 Å². The molecule has 3 heteroatoms. The van der Waals surface area contributed by atoms with Gasteiger partial charge >= 0.3 is 0 Å². The fourth-order valence-corrected chi connectivity index (χ4v) is 2.45. The Morgan fingerprint density at radius 3 is 2.57 bits per heavy atom. The number of aromatic nitrogens is 1. The molecule has 23 heavy (non-hydrogen) atoms. The predicted octanol–water partition coefficient (Wildman–Crippen LogP) is 5.30. The molecule has 3 rings (SSSR count). The molecule has 0 aliphatic rings. The van der Waals surface area contributed by atoms with Gasteiger partial charge in [-0.3, -0.25) is 0 Å². The zero-order chi connectivity index (χ0) is 16.4. The molecule has 0 atom stereocenters. The van der Waals surface area contributed by atoms with Gasteiger partial charge < -0.3 is 9.15 Å². The average Bonchev–Trinajstić information content (AvgIpc) is 2.94. The van der Waals surface area contributed by atoms with Gasteiger partial charge in [0.15, 0.2) is 5.58 Å². The Morgan fingerprint density at radius 1 is 1.04 bits per heavy atom. The second-order valence-electron chi connectivity index (χ2n) is 6.56. The van der Waals surface area contributed by atoms with Crippen molar-refractivity contribution in [3.8, 4) is 5.75 Å². The Bertz CT molecular complexity index is 853. The number of nitrogens with zero attached hydrogens (tertiary/aromatic N) is 1. The number of rotatable bonds is 3. The minimum Gasteiger partial charge on any atom is -0.496 e. The summed E-state index contributed by atoms with van der Waals surface area (Å²) in [5, 5.41) is 0. The lowest BCUT2D eigenvalue weighted by Gasteiger charge is -2.18. The molecule has 0 aliphatic heterocycles. The Labute approximate surface area is 136 Å². The van der Waals surface area contributed by atoms with Gasteiger partial charge in [0.2, 0.25) is 5.89 Å². The first-order valence-corrected chi connectivity index (χ1v) is 7.69. The second-order valence-corrected chi connectivity index (χ2v) is 6.56. The summed E-state index contributed by atoms with van der Waals surface area (Å²) < 4.78 is 11.1. The van der Waals surface area contributed by atoms with E-state index in [-0.39, 0.29) is 5.41 Å². The van der Waals surface area contributed by atoms with Crippen molar-refractivity contribution in [3.63, 3.8) is 0 Å². The molecule has 0 bridgehead atoms. The van der Waals surface area contributed by atoms with Crippen molar-refractivity contribution < 1.29 is 9.15 Å². The molecule has 0 radical (unpaired) electrons. The third kappa shape index (κ3) is 3.29. The largest absolute Gasteiger partial charge is 0.496 e. The smallest absolute Gasteiger partial charge is 0.220 e. The normalized spacial score (nSPS) is 12.2. The molecule has 2 aromatic carbocycles. The Hall–Kier alpha value is -2.55. The van der Waals surface area contributed by atoms with Crippen LogP contribution in [0.15, 0.2) is 46.9 Å². The van der Waals surface area contributed by atoms with Crippen LogP contribution in [0.25, 0.3) is 23.3 Å². The standard InChI is InChI=1S/C20H21NO2/c1-20(2,3)15-10-11-18-16(13-15)21-19(23-18)12-9-14-7-5-6-8-17(14)22-4/h5-13H,1-4H3/b12-9+. The van der Waals surface area contributed by atoms with Crippen molar-refractivity contribution in [1.82, 2.24) is 4.98 Å². The van der Waals surface area contributed by atoms with Crippen LogP contribution >= 0.6 is 0 Å². The first-order chi connectivity index (χ1) is 11.0. The summed E-state index contributed by atoms with van der Waals surface area (Å²) in [6.07, 6.45) is 3.82. The third-order valence-electron chi connectivity index (χ3n) is 3.81. The van der Waals surface area contributed by atoms with Crippen molar-refractivity contribution in [2.24, 2.45) is 0 Å². The van der Waals surface area contributed by atoms with Gasteiger partial charge in [-0.2, -0.15) is 0 Å². The maximum absolute atomic E-state index is 5.79. The van der Waals surface area contributed by atoms with Crippen LogP contribution in [0, 0.1) is 0 Å². The van der Waals surface area contributed by atoms with Crippen LogP contribution in [0.3, 0.4) is 0 Å². The molecule has 0 fully saturated rings. The fraction of sp³-hybridized carbons (Fsp3) is 0.250. The van der Waals surface area contributed by atoms with Gasteiger partial charge in [-0.05, 0) is 35.3 Å². The van der Waals surface area contributed by atoms with Gasteiger partial charge in [0.05, 0.1) is 7.11 Å². The first kappa shape index (κ1) is 15.3. The summed E-state index contributed by atoms with van der Waals surface area (Å²) in [6.45, 7) is 6.57. The lowest BCUT2D eigenvalue weighted by Crippen LogP contribution is -2.10. The van der Waals surface area contributed by atoms with Gasteiger partial charge in [0.1, 0.15) is 11.3 Å². The number of fused-ring (bicyclic) bond motifs is 1. The highest BCUT2D eigenvalue weighted by atomic mass is 16.5. The molecule has 3 nitrogen and oxygen atoms in total. The lowest BCUT2D eigenvalue weighted by atomic mass is 9.87. The summed E-state index contributed by atoms with van der Waals surface area (Å²) in [7, 11) is 1.67. The number of hydrogen-bond acceptors (Lipinski definition) is 3. The summed E-state index contributed by atoms with van der Waals surface area (Å²) in [5.74, 6) is 1.42. The number of methoxy groups -OCH3 is 1. The van der Waals surface area contributed by atoms with E-state index in [1.54, 1.807) is 7.11 Å². The van der Waals surface area contributed by atoms with E-state index in [4.69, 9.17) is 9.15 Å². The average molecular weight is 307 g/mol. The SMILES string of the molecule is COc1ccccc1/C=C/c1nc2cc(C(C)(C)C)ccc2o1. The summed E-state index contributed by atoms with van der Waals surface area (Å²) in [4.78, 5) is 4.56. The molecule has 1 heterocycles. The number of hydrogen-bond donors (Lipinski definition) is 0. The van der Waals surface area contributed by atoms with Crippen molar-refractivity contribution in [3.05, 3.63) is 59.5 Å². The molecule has 118 valence electrons. The van der Waals surface area contributed by atoms with E-state index in [0.29, 0.717) is 5.89 Å². The molecule has 0 aliphatic carbocycles. The van der Waals surface area contributed by atoms with Crippen LogP contribution < -0.4 is 4.74 Å². The van der Waals surface area contributed by atoms with Crippen LogP contribution in [-0.2, 0) is 5.41 Å². The van der Waals surface area contributed by atoms with Gasteiger partial charge in [-0.1, -0.05) is 45.0 Å². The molecule has 0 N–H and O–H groups in total. The fourth-order valence-electron chi connectivity index (χ4n) is 2.45. The Morgan fingerprint density at radius 2 is 1.83 bits per heavy atom. The van der Waals surface area contributed by atoms with Crippen LogP contribution in [0.4, 0.5) is 0 Å². The van der Waals surface area contributed by atoms with Crippen LogP contribution in [-0.4, -0.2) is 12.1 Å². The van der Waals surface area contributed by atoms with E-state index in [1.165, 1.54) is 5.56 Å². The zero-order valence-electron chi connectivity index (χ0n) is 14.0. The molecule has 0 unspecified atom stereocenters. The van der Waals surface area contributed by atoms with Crippen molar-refractivity contribution in [1.29, 1.82) is 0 Å². The monoisotopic (exact) mass is 307 g/mol. The molecule has 0 saturated carbocycles. The number of para-hydroxylation sites is 1. The number of benzene rings is 2. The maximum Gasteiger partial charge on any atom is 0.220 e. The predicted molar refractivity (Wildman–Crippen MR) is 94.6 cm³/mol. The highest BCUT2D eigenvalue weighted by Crippen LogP contribution is 2.27. The minimum absolute atomic E-state index is 0.0978. The second kappa shape index (κ2) is 5.92. The van der Waals surface area contributed by atoms with E-state index in [2.05, 4.69) is 37.9 Å². The van der Waals surface area contributed by atoms with Crippen molar-refractivity contribution in [2.45, 2.75) is 26.2 Å². The van der Waals surface area contributed by atoms with Crippen LogP contribution in [0.5, 0.6) is 5.75 Å². The van der Waals surface area contributed by atoms with Gasteiger partial charge in [0.25, 0.3) is 0 Å². The van der Waals surface area contributed by atoms with Crippen LogP contribution in [0.2, 0.25) is 0 Å².